The standard InChI is InChI=1S/C23H16N4O4/c1-31-15-9-7-14(8-10-15)27-22(28)19(23(29)30)17-11-16(13-5-3-2-4-6-13)18(12-24)20(25)21(17)26-27/h2-11H,25H2,1H3,(H,29,30). The lowest BCUT2D eigenvalue weighted by Crippen LogP contribution is -2.28. The first-order valence-electron chi connectivity index (χ1n) is 9.19. The number of hydrogen-bond acceptors (Lipinski definition) is 6. The molecule has 0 bridgehead atoms. The predicted molar refractivity (Wildman–Crippen MR) is 115 cm³/mol. The summed E-state index contributed by atoms with van der Waals surface area (Å²) in [5.74, 6) is -0.849. The number of nitrogens with zero attached hydrogens (tertiary/aromatic N) is 3. The van der Waals surface area contributed by atoms with Crippen LogP contribution in [0.4, 0.5) is 5.69 Å². The minimum absolute atomic E-state index is 0.00335. The molecule has 152 valence electrons. The maximum absolute atomic E-state index is 13.1. The van der Waals surface area contributed by atoms with Gasteiger partial charge in [0, 0.05) is 10.9 Å². The zero-order valence-electron chi connectivity index (χ0n) is 16.4. The van der Waals surface area contributed by atoms with Crippen LogP contribution >= 0.6 is 0 Å². The van der Waals surface area contributed by atoms with Gasteiger partial charge in [0.25, 0.3) is 5.56 Å². The van der Waals surface area contributed by atoms with Crippen LogP contribution in [0.3, 0.4) is 0 Å². The maximum atomic E-state index is 13.1. The Balaban J connectivity index is 2.11. The zero-order chi connectivity index (χ0) is 22.1. The fourth-order valence-corrected chi connectivity index (χ4v) is 3.43. The highest BCUT2D eigenvalue weighted by Gasteiger charge is 2.23. The fraction of sp³-hybridized carbons (Fsp3) is 0.0435. The van der Waals surface area contributed by atoms with Gasteiger partial charge in [-0.05, 0) is 35.9 Å². The molecule has 0 atom stereocenters. The third kappa shape index (κ3) is 3.24. The molecule has 4 aromatic rings. The van der Waals surface area contributed by atoms with E-state index >= 15 is 0 Å². The van der Waals surface area contributed by atoms with E-state index in [0.29, 0.717) is 22.6 Å². The monoisotopic (exact) mass is 412 g/mol. The molecule has 1 aromatic heterocycles. The van der Waals surface area contributed by atoms with Gasteiger partial charge in [0.05, 0.1) is 24.0 Å². The average molecular weight is 412 g/mol. The van der Waals surface area contributed by atoms with Crippen LogP contribution in [0, 0.1) is 11.3 Å². The smallest absolute Gasteiger partial charge is 0.342 e. The minimum Gasteiger partial charge on any atom is -0.497 e. The third-order valence-corrected chi connectivity index (χ3v) is 4.94. The molecular weight excluding hydrogens is 396 g/mol. The van der Waals surface area contributed by atoms with Crippen LogP contribution in [0.2, 0.25) is 0 Å². The molecule has 8 heteroatoms. The second-order valence-electron chi connectivity index (χ2n) is 6.68. The number of rotatable bonds is 4. The lowest BCUT2D eigenvalue weighted by Gasteiger charge is -2.14. The fourth-order valence-electron chi connectivity index (χ4n) is 3.43. The second-order valence-corrected chi connectivity index (χ2v) is 6.68. The van der Waals surface area contributed by atoms with E-state index in [-0.39, 0.29) is 22.2 Å². The first-order valence-corrected chi connectivity index (χ1v) is 9.19. The molecule has 0 fully saturated rings. The van der Waals surface area contributed by atoms with E-state index in [1.165, 1.54) is 13.2 Å². The summed E-state index contributed by atoms with van der Waals surface area (Å²) in [7, 11) is 1.51. The van der Waals surface area contributed by atoms with Crippen molar-refractivity contribution in [1.82, 2.24) is 9.78 Å². The van der Waals surface area contributed by atoms with E-state index in [1.54, 1.807) is 48.5 Å². The van der Waals surface area contributed by atoms with E-state index in [4.69, 9.17) is 10.5 Å². The molecule has 0 amide bonds. The van der Waals surface area contributed by atoms with Crippen molar-refractivity contribution in [1.29, 1.82) is 5.26 Å². The molecule has 0 saturated heterocycles. The molecule has 0 aliphatic carbocycles. The Bertz CT molecular complexity index is 1420. The van der Waals surface area contributed by atoms with E-state index < -0.39 is 17.1 Å². The number of nitrogen functional groups attached to an aromatic ring is 1. The molecule has 0 saturated carbocycles. The maximum Gasteiger partial charge on any atom is 0.342 e. The Morgan fingerprint density at radius 1 is 1.16 bits per heavy atom. The highest BCUT2D eigenvalue weighted by molar-refractivity contribution is 6.08. The topological polar surface area (TPSA) is 131 Å². The van der Waals surface area contributed by atoms with Crippen molar-refractivity contribution >= 4 is 22.6 Å². The number of methoxy groups -OCH3 is 1. The molecule has 0 radical (unpaired) electrons. The van der Waals surface area contributed by atoms with Crippen LogP contribution in [0.25, 0.3) is 27.7 Å². The van der Waals surface area contributed by atoms with Crippen molar-refractivity contribution < 1.29 is 14.6 Å². The van der Waals surface area contributed by atoms with E-state index in [0.717, 1.165) is 4.68 Å². The molecule has 3 aromatic carbocycles. The number of ether oxygens (including phenoxy) is 1. The predicted octanol–water partition coefficient (Wildman–Crippen LogP) is 3.21. The quantitative estimate of drug-likeness (QED) is 0.492. The number of anilines is 1. The highest BCUT2D eigenvalue weighted by Crippen LogP contribution is 2.34. The number of aromatic carboxylic acids is 1. The Morgan fingerprint density at radius 3 is 2.42 bits per heavy atom. The minimum atomic E-state index is -1.41. The lowest BCUT2D eigenvalue weighted by molar-refractivity contribution is 0.0696. The average Bonchev–Trinajstić information content (AvgIpc) is 2.79. The van der Waals surface area contributed by atoms with E-state index in [9.17, 15) is 20.0 Å². The summed E-state index contributed by atoms with van der Waals surface area (Å²) < 4.78 is 6.08. The van der Waals surface area contributed by atoms with Crippen LogP contribution in [0.1, 0.15) is 15.9 Å². The van der Waals surface area contributed by atoms with Gasteiger partial charge in [-0.25, -0.2) is 4.79 Å². The number of nitriles is 1. The van der Waals surface area contributed by atoms with Gasteiger partial charge in [-0.3, -0.25) is 4.79 Å². The Labute approximate surface area is 176 Å². The van der Waals surface area contributed by atoms with Gasteiger partial charge >= 0.3 is 5.97 Å². The molecule has 1 heterocycles. The molecule has 4 rings (SSSR count). The number of fused-ring (bicyclic) bond motifs is 1. The molecule has 0 unspecified atom stereocenters. The van der Waals surface area contributed by atoms with Gasteiger partial charge in [-0.15, -0.1) is 0 Å². The first-order chi connectivity index (χ1) is 15.0. The molecule has 0 aliphatic heterocycles. The van der Waals surface area contributed by atoms with Crippen molar-refractivity contribution in [3.05, 3.63) is 82.1 Å². The molecule has 0 spiro atoms. The summed E-state index contributed by atoms with van der Waals surface area (Å²) in [6, 6.07) is 18.9. The molecule has 8 nitrogen and oxygen atoms in total. The number of carboxylic acids is 1. The largest absolute Gasteiger partial charge is 0.497 e. The Kier molecular flexibility index (Phi) is 4.85. The summed E-state index contributed by atoms with van der Waals surface area (Å²) >= 11 is 0. The summed E-state index contributed by atoms with van der Waals surface area (Å²) in [5.41, 5.74) is 6.63. The van der Waals surface area contributed by atoms with Crippen LogP contribution in [-0.4, -0.2) is 28.0 Å². The Morgan fingerprint density at radius 2 is 1.84 bits per heavy atom. The van der Waals surface area contributed by atoms with Crippen molar-refractivity contribution in [2.24, 2.45) is 0 Å². The number of benzene rings is 3. The summed E-state index contributed by atoms with van der Waals surface area (Å²) in [6.45, 7) is 0. The molecular formula is C23H16N4O4. The number of carboxylic acid groups (broad SMARTS) is 1. The number of hydrogen-bond donors (Lipinski definition) is 2. The van der Waals surface area contributed by atoms with Crippen molar-refractivity contribution in [3.8, 4) is 28.6 Å². The van der Waals surface area contributed by atoms with Gasteiger partial charge < -0.3 is 15.6 Å². The first kappa shape index (κ1) is 19.7. The van der Waals surface area contributed by atoms with Crippen molar-refractivity contribution in [2.75, 3.05) is 12.8 Å². The second kappa shape index (κ2) is 7.65. The zero-order valence-corrected chi connectivity index (χ0v) is 16.4. The number of aromatic nitrogens is 2. The van der Waals surface area contributed by atoms with Crippen LogP contribution < -0.4 is 16.0 Å². The van der Waals surface area contributed by atoms with Gasteiger partial charge in [0.15, 0.2) is 0 Å². The summed E-state index contributed by atoms with van der Waals surface area (Å²) in [6.07, 6.45) is 0. The van der Waals surface area contributed by atoms with Crippen molar-refractivity contribution in [3.63, 3.8) is 0 Å². The van der Waals surface area contributed by atoms with Gasteiger partial charge in [-0.2, -0.15) is 15.0 Å². The molecule has 3 N–H and O–H groups in total. The molecule has 0 aliphatic rings. The SMILES string of the molecule is COc1ccc(-n2nc3c(N)c(C#N)c(-c4ccccc4)cc3c(C(=O)O)c2=O)cc1. The van der Waals surface area contributed by atoms with Gasteiger partial charge in [0.2, 0.25) is 0 Å². The molecule has 31 heavy (non-hydrogen) atoms. The van der Waals surface area contributed by atoms with Gasteiger partial charge in [0.1, 0.15) is 22.9 Å². The number of nitrogens with two attached hydrogens (primary N) is 1. The van der Waals surface area contributed by atoms with Crippen LogP contribution in [-0.2, 0) is 0 Å². The van der Waals surface area contributed by atoms with E-state index in [2.05, 4.69) is 11.2 Å². The normalized spacial score (nSPS) is 10.6. The Hall–Kier alpha value is -4.64. The van der Waals surface area contributed by atoms with Crippen LogP contribution in [0.5, 0.6) is 5.75 Å². The number of carbonyl (C=O) groups is 1. The van der Waals surface area contributed by atoms with Crippen LogP contribution in [0.15, 0.2) is 65.5 Å². The van der Waals surface area contributed by atoms with Crippen molar-refractivity contribution in [2.45, 2.75) is 0 Å². The van der Waals surface area contributed by atoms with E-state index in [1.807, 2.05) is 6.07 Å². The summed E-state index contributed by atoms with van der Waals surface area (Å²) in [5, 5.41) is 23.9. The van der Waals surface area contributed by atoms with Gasteiger partial charge in [-0.1, -0.05) is 30.3 Å². The lowest BCUT2D eigenvalue weighted by atomic mass is 9.95. The summed E-state index contributed by atoms with van der Waals surface area (Å²) in [4.78, 5) is 25.1. The third-order valence-electron chi connectivity index (χ3n) is 4.94. The highest BCUT2D eigenvalue weighted by atomic mass is 16.5.